The number of nitrogens with one attached hydrogen (secondary N) is 1. The van der Waals surface area contributed by atoms with E-state index in [1.165, 1.54) is 0 Å². The molecule has 1 aliphatic heterocycles. The lowest BCUT2D eigenvalue weighted by Crippen LogP contribution is -2.44. The molecule has 20 heavy (non-hydrogen) atoms. The fraction of sp³-hybridized carbons (Fsp3) is 0.833. The van der Waals surface area contributed by atoms with Crippen LogP contribution in [-0.2, 0) is 16.1 Å². The largest absolute Gasteiger partial charge is 0.379 e. The molecule has 0 saturated carbocycles. The topological polar surface area (TPSA) is 72.7 Å². The van der Waals surface area contributed by atoms with E-state index in [1.54, 1.807) is 0 Å². The van der Waals surface area contributed by atoms with Gasteiger partial charge in [-0.05, 0) is 14.0 Å². The van der Waals surface area contributed by atoms with Gasteiger partial charge in [0.1, 0.15) is 6.61 Å². The minimum Gasteiger partial charge on any atom is -0.379 e. The van der Waals surface area contributed by atoms with Gasteiger partial charge in [-0.3, -0.25) is 4.90 Å². The molecule has 2 rings (SSSR count). The van der Waals surface area contributed by atoms with Gasteiger partial charge in [0.05, 0.1) is 19.3 Å². The van der Waals surface area contributed by atoms with Gasteiger partial charge >= 0.3 is 0 Å². The van der Waals surface area contributed by atoms with Crippen LogP contribution in [0.25, 0.3) is 0 Å². The van der Waals surface area contributed by atoms with Crippen LogP contribution in [0.5, 0.6) is 0 Å². The van der Waals surface area contributed by atoms with Crippen molar-refractivity contribution >= 4 is 12.4 Å². The zero-order chi connectivity index (χ0) is 13.5. The molecule has 0 aliphatic carbocycles. The monoisotopic (exact) mass is 306 g/mol. The van der Waals surface area contributed by atoms with Crippen LogP contribution in [0.15, 0.2) is 4.52 Å². The van der Waals surface area contributed by atoms with E-state index in [1.807, 2.05) is 6.92 Å². The Morgan fingerprint density at radius 1 is 1.40 bits per heavy atom. The van der Waals surface area contributed by atoms with E-state index in [-0.39, 0.29) is 18.4 Å². The lowest BCUT2D eigenvalue weighted by Gasteiger charge is -2.30. The summed E-state index contributed by atoms with van der Waals surface area (Å²) >= 11 is 0. The zero-order valence-corrected chi connectivity index (χ0v) is 12.8. The van der Waals surface area contributed by atoms with Crippen LogP contribution in [0.1, 0.15) is 24.7 Å². The third-order valence-corrected chi connectivity index (χ3v) is 3.09. The minimum atomic E-state index is 0. The van der Waals surface area contributed by atoms with Crippen LogP contribution in [-0.4, -0.2) is 61.5 Å². The average Bonchev–Trinajstić information content (AvgIpc) is 2.88. The normalized spacial score (nSPS) is 19.8. The fourth-order valence-electron chi connectivity index (χ4n) is 1.98. The summed E-state index contributed by atoms with van der Waals surface area (Å²) in [7, 11) is 2.07. The first-order valence-electron chi connectivity index (χ1n) is 6.70. The molecule has 1 aliphatic rings. The third-order valence-electron chi connectivity index (χ3n) is 3.09. The van der Waals surface area contributed by atoms with Crippen molar-refractivity contribution in [2.75, 3.05) is 46.5 Å². The van der Waals surface area contributed by atoms with E-state index in [2.05, 4.69) is 27.4 Å². The molecule has 1 N–H and O–H groups in total. The third kappa shape index (κ3) is 4.99. The van der Waals surface area contributed by atoms with Gasteiger partial charge in [-0.15, -0.1) is 12.4 Å². The summed E-state index contributed by atoms with van der Waals surface area (Å²) in [5, 5.41) is 7.35. The summed E-state index contributed by atoms with van der Waals surface area (Å²) in [6, 6.07) is 0.176. The Bertz CT molecular complexity index is 377. The van der Waals surface area contributed by atoms with Gasteiger partial charge in [-0.1, -0.05) is 5.16 Å². The van der Waals surface area contributed by atoms with E-state index in [9.17, 15) is 0 Å². The van der Waals surface area contributed by atoms with Gasteiger partial charge in [-0.25, -0.2) is 0 Å². The van der Waals surface area contributed by atoms with Crippen molar-refractivity contribution in [3.05, 3.63) is 11.7 Å². The van der Waals surface area contributed by atoms with Gasteiger partial charge in [0.25, 0.3) is 5.89 Å². The van der Waals surface area contributed by atoms with E-state index >= 15 is 0 Å². The molecule has 8 heteroatoms. The summed E-state index contributed by atoms with van der Waals surface area (Å²) in [4.78, 5) is 6.60. The van der Waals surface area contributed by atoms with E-state index in [0.29, 0.717) is 32.3 Å². The first-order chi connectivity index (χ1) is 9.31. The zero-order valence-electron chi connectivity index (χ0n) is 12.0. The molecule has 7 nitrogen and oxygen atoms in total. The lowest BCUT2D eigenvalue weighted by molar-refractivity contribution is 0.0355. The highest BCUT2D eigenvalue weighted by Gasteiger charge is 2.25. The molecule has 1 fully saturated rings. The highest BCUT2D eigenvalue weighted by atomic mass is 35.5. The molecule has 0 spiro atoms. The van der Waals surface area contributed by atoms with Crippen LogP contribution >= 0.6 is 12.4 Å². The highest BCUT2D eigenvalue weighted by molar-refractivity contribution is 5.85. The second-order valence-corrected chi connectivity index (χ2v) is 4.50. The van der Waals surface area contributed by atoms with Crippen LogP contribution in [0.4, 0.5) is 0 Å². The van der Waals surface area contributed by atoms with Gasteiger partial charge in [-0.2, -0.15) is 4.98 Å². The maximum absolute atomic E-state index is 5.40. The number of hydrogen-bond acceptors (Lipinski definition) is 7. The molecule has 0 amide bonds. The number of aromatic nitrogens is 2. The van der Waals surface area contributed by atoms with Crippen LogP contribution < -0.4 is 5.32 Å². The molecule has 2 heterocycles. The summed E-state index contributed by atoms with van der Waals surface area (Å²) in [5.41, 5.74) is 0. The van der Waals surface area contributed by atoms with Crippen LogP contribution in [0.3, 0.4) is 0 Å². The van der Waals surface area contributed by atoms with Crippen LogP contribution in [0, 0.1) is 0 Å². The second kappa shape index (κ2) is 9.25. The van der Waals surface area contributed by atoms with Gasteiger partial charge in [0.2, 0.25) is 0 Å². The number of ether oxygens (including phenoxy) is 2. The van der Waals surface area contributed by atoms with Crippen molar-refractivity contribution in [1.82, 2.24) is 20.4 Å². The van der Waals surface area contributed by atoms with Gasteiger partial charge < -0.3 is 19.3 Å². The van der Waals surface area contributed by atoms with Crippen molar-refractivity contribution in [1.29, 1.82) is 0 Å². The Morgan fingerprint density at radius 2 is 2.20 bits per heavy atom. The number of halogens is 1. The maximum atomic E-state index is 5.40. The maximum Gasteiger partial charge on any atom is 0.252 e. The molecule has 1 saturated heterocycles. The Morgan fingerprint density at radius 3 is 2.95 bits per heavy atom. The van der Waals surface area contributed by atoms with Gasteiger partial charge in [0, 0.05) is 26.2 Å². The number of piperazine rings is 1. The summed E-state index contributed by atoms with van der Waals surface area (Å²) in [6.45, 7) is 6.96. The van der Waals surface area contributed by atoms with Crippen molar-refractivity contribution in [2.24, 2.45) is 0 Å². The highest BCUT2D eigenvalue weighted by Crippen LogP contribution is 2.17. The molecule has 116 valence electrons. The number of hydrogen-bond donors (Lipinski definition) is 1. The van der Waals surface area contributed by atoms with Crippen LogP contribution in [0.2, 0.25) is 0 Å². The standard InChI is InChI=1S/C12H22N4O3.ClH/c1-3-17-6-7-18-9-11-14-12(15-19-11)10-8-13-4-5-16(10)2;/h10,13H,3-9H2,1-2H3;1H. The molecule has 0 aromatic carbocycles. The minimum absolute atomic E-state index is 0. The Labute approximate surface area is 125 Å². The SMILES string of the molecule is CCOCCOCc1nc(C2CNCCN2C)no1.Cl. The summed E-state index contributed by atoms with van der Waals surface area (Å²) < 4.78 is 15.8. The first kappa shape index (κ1) is 17.3. The Balaban J connectivity index is 0.00000200. The molecular formula is C12H23ClN4O3. The van der Waals surface area contributed by atoms with Crippen molar-refractivity contribution in [3.63, 3.8) is 0 Å². The Kier molecular flexibility index (Phi) is 8.01. The lowest BCUT2D eigenvalue weighted by atomic mass is 10.2. The average molecular weight is 307 g/mol. The summed E-state index contributed by atoms with van der Waals surface area (Å²) in [5.74, 6) is 1.24. The smallest absolute Gasteiger partial charge is 0.252 e. The van der Waals surface area contributed by atoms with E-state index in [4.69, 9.17) is 14.0 Å². The number of nitrogens with zero attached hydrogens (tertiary/aromatic N) is 3. The Hall–Kier alpha value is -0.730. The molecule has 0 bridgehead atoms. The van der Waals surface area contributed by atoms with Crippen molar-refractivity contribution in [2.45, 2.75) is 19.6 Å². The number of rotatable bonds is 7. The van der Waals surface area contributed by atoms with Gasteiger partial charge in [0.15, 0.2) is 5.82 Å². The van der Waals surface area contributed by atoms with Crippen molar-refractivity contribution in [3.8, 4) is 0 Å². The quantitative estimate of drug-likeness (QED) is 0.740. The number of likely N-dealkylation sites (N-methyl/N-ethyl adjacent to an activating group) is 1. The first-order valence-corrected chi connectivity index (χ1v) is 6.70. The van der Waals surface area contributed by atoms with E-state index < -0.39 is 0 Å². The molecule has 1 unspecified atom stereocenters. The molecule has 0 radical (unpaired) electrons. The molecule has 1 aromatic rings. The summed E-state index contributed by atoms with van der Waals surface area (Å²) in [6.07, 6.45) is 0. The predicted molar refractivity (Wildman–Crippen MR) is 75.9 cm³/mol. The molecule has 1 atom stereocenters. The van der Waals surface area contributed by atoms with E-state index in [0.717, 1.165) is 25.5 Å². The van der Waals surface area contributed by atoms with Crippen molar-refractivity contribution < 1.29 is 14.0 Å². The second-order valence-electron chi connectivity index (χ2n) is 4.50. The molecular weight excluding hydrogens is 284 g/mol. The fourth-order valence-corrected chi connectivity index (χ4v) is 1.98. The molecule has 1 aromatic heterocycles. The predicted octanol–water partition coefficient (Wildman–Crippen LogP) is 0.621.